The molecule has 27 heavy (non-hydrogen) atoms. The van der Waals surface area contributed by atoms with Crippen molar-refractivity contribution in [2.75, 3.05) is 43.1 Å². The van der Waals surface area contributed by atoms with Gasteiger partial charge in [-0.15, -0.1) is 0 Å². The Morgan fingerprint density at radius 1 is 1.11 bits per heavy atom. The number of amides is 1. The Morgan fingerprint density at radius 2 is 1.78 bits per heavy atom. The van der Waals surface area contributed by atoms with Gasteiger partial charge in [0.25, 0.3) is 6.23 Å². The van der Waals surface area contributed by atoms with Crippen molar-refractivity contribution in [2.45, 2.75) is 6.23 Å². The van der Waals surface area contributed by atoms with Gasteiger partial charge in [-0.05, 0) is 24.3 Å². The van der Waals surface area contributed by atoms with E-state index < -0.39 is 12.2 Å². The zero-order valence-electron chi connectivity index (χ0n) is 15.1. The van der Waals surface area contributed by atoms with Crippen molar-refractivity contribution in [3.05, 3.63) is 48.8 Å². The van der Waals surface area contributed by atoms with Gasteiger partial charge in [-0.3, -0.25) is 9.78 Å². The number of ether oxygens (including phenoxy) is 2. The number of hydrogen-bond acceptors (Lipinski definition) is 7. The third kappa shape index (κ3) is 4.66. The number of methoxy groups -OCH3 is 1. The summed E-state index contributed by atoms with van der Waals surface area (Å²) in [6.45, 7) is 3.51. The van der Waals surface area contributed by atoms with E-state index in [1.54, 1.807) is 18.5 Å². The minimum atomic E-state index is -1.17. The van der Waals surface area contributed by atoms with Gasteiger partial charge in [0.15, 0.2) is 0 Å². The van der Waals surface area contributed by atoms with Crippen LogP contribution in [0.15, 0.2) is 48.8 Å². The number of anilines is 2. The minimum Gasteiger partial charge on any atom is -0.465 e. The van der Waals surface area contributed by atoms with Gasteiger partial charge in [0.2, 0.25) is 6.41 Å². The zero-order chi connectivity index (χ0) is 19.1. The number of esters is 1. The second kappa shape index (κ2) is 8.88. The molecule has 1 aromatic heterocycles. The van der Waals surface area contributed by atoms with E-state index in [2.05, 4.69) is 24.8 Å². The van der Waals surface area contributed by atoms with E-state index >= 15 is 0 Å². The number of benzene rings is 1. The molecular weight excluding hydrogens is 348 g/mol. The highest BCUT2D eigenvalue weighted by Crippen LogP contribution is 2.24. The van der Waals surface area contributed by atoms with Crippen LogP contribution in [0.4, 0.5) is 11.4 Å². The highest BCUT2D eigenvalue weighted by atomic mass is 16.6. The van der Waals surface area contributed by atoms with E-state index in [4.69, 9.17) is 4.74 Å². The first-order valence-electron chi connectivity index (χ1n) is 8.65. The number of nitrogens with zero attached hydrogens (tertiary/aromatic N) is 3. The minimum absolute atomic E-state index is 0.407. The molecule has 1 saturated heterocycles. The Labute approximate surface area is 157 Å². The molecule has 1 aliphatic heterocycles. The van der Waals surface area contributed by atoms with Crippen LogP contribution >= 0.6 is 0 Å². The number of nitrogens with one attached hydrogen (secondary N) is 1. The Hall–Kier alpha value is -3.29. The van der Waals surface area contributed by atoms with Gasteiger partial charge in [0, 0.05) is 56.0 Å². The van der Waals surface area contributed by atoms with Crippen molar-refractivity contribution in [3.8, 4) is 5.75 Å². The normalized spacial score (nSPS) is 15.0. The zero-order valence-corrected chi connectivity index (χ0v) is 15.1. The van der Waals surface area contributed by atoms with E-state index in [1.807, 2.05) is 30.3 Å². The molecule has 0 bridgehead atoms. The predicted molar refractivity (Wildman–Crippen MR) is 101 cm³/mol. The van der Waals surface area contributed by atoms with Crippen LogP contribution in [0.5, 0.6) is 5.75 Å². The number of carbonyl (C=O) groups excluding carboxylic acids is 2. The first kappa shape index (κ1) is 18.5. The van der Waals surface area contributed by atoms with Crippen LogP contribution in [0.2, 0.25) is 0 Å². The molecule has 0 radical (unpaired) electrons. The molecule has 1 fully saturated rings. The van der Waals surface area contributed by atoms with Crippen molar-refractivity contribution < 1.29 is 19.1 Å². The first-order chi connectivity index (χ1) is 13.2. The summed E-state index contributed by atoms with van der Waals surface area (Å²) in [6.07, 6.45) is 2.83. The average molecular weight is 370 g/mol. The monoisotopic (exact) mass is 370 g/mol. The summed E-state index contributed by atoms with van der Waals surface area (Å²) in [5.41, 5.74) is 2.17. The van der Waals surface area contributed by atoms with E-state index in [0.29, 0.717) is 12.2 Å². The number of hydrogen-bond donors (Lipinski definition) is 1. The van der Waals surface area contributed by atoms with Crippen LogP contribution in [0.1, 0.15) is 0 Å². The number of pyridine rings is 1. The van der Waals surface area contributed by atoms with Crippen LogP contribution in [0.25, 0.3) is 0 Å². The second-order valence-electron chi connectivity index (χ2n) is 5.98. The van der Waals surface area contributed by atoms with Gasteiger partial charge in [0.05, 0.1) is 7.11 Å². The van der Waals surface area contributed by atoms with Crippen molar-refractivity contribution in [2.24, 2.45) is 0 Å². The fourth-order valence-corrected chi connectivity index (χ4v) is 2.99. The maximum absolute atomic E-state index is 11.7. The number of aromatic nitrogens is 1. The van der Waals surface area contributed by atoms with E-state index in [-0.39, 0.29) is 0 Å². The largest absolute Gasteiger partial charge is 0.465 e. The Morgan fingerprint density at radius 3 is 2.41 bits per heavy atom. The third-order valence-corrected chi connectivity index (χ3v) is 4.38. The van der Waals surface area contributed by atoms with Crippen molar-refractivity contribution in [1.82, 2.24) is 10.3 Å². The molecule has 1 atom stereocenters. The molecule has 1 unspecified atom stereocenters. The van der Waals surface area contributed by atoms with E-state index in [0.717, 1.165) is 31.9 Å². The quantitative estimate of drug-likeness (QED) is 0.443. The molecule has 0 saturated carbocycles. The average Bonchev–Trinajstić information content (AvgIpc) is 2.74. The molecular formula is C19H22N4O4. The van der Waals surface area contributed by atoms with Crippen molar-refractivity contribution in [1.29, 1.82) is 0 Å². The summed E-state index contributed by atoms with van der Waals surface area (Å²) in [4.78, 5) is 31.0. The highest BCUT2D eigenvalue weighted by Gasteiger charge is 2.21. The van der Waals surface area contributed by atoms with Crippen LogP contribution in [0.3, 0.4) is 0 Å². The third-order valence-electron chi connectivity index (χ3n) is 4.38. The summed E-state index contributed by atoms with van der Waals surface area (Å²) in [5.74, 6) is -0.188. The fraction of sp³-hybridized carbons (Fsp3) is 0.316. The van der Waals surface area contributed by atoms with Gasteiger partial charge in [0.1, 0.15) is 5.75 Å². The predicted octanol–water partition coefficient (Wildman–Crippen LogP) is 1.03. The molecule has 2 heterocycles. The maximum Gasteiger partial charge on any atom is 0.368 e. The second-order valence-corrected chi connectivity index (χ2v) is 5.98. The van der Waals surface area contributed by atoms with Crippen LogP contribution < -0.4 is 19.9 Å². The standard InChI is InChI=1S/C19H22N4O4/c1-26-19(25)18(21-14-24)27-17-4-2-3-16(13-17)23-11-9-22(10-12-23)15-5-7-20-8-6-15/h2-8,13-14,18H,9-12H2,1H3,(H,21,24). The number of rotatable bonds is 7. The SMILES string of the molecule is COC(=O)C(NC=O)Oc1cccc(N2CCN(c3ccncc3)CC2)c1. The van der Waals surface area contributed by atoms with Crippen molar-refractivity contribution >= 4 is 23.8 Å². The molecule has 8 nitrogen and oxygen atoms in total. The summed E-state index contributed by atoms with van der Waals surface area (Å²) in [7, 11) is 1.24. The number of carbonyl (C=O) groups is 2. The lowest BCUT2D eigenvalue weighted by atomic mass is 10.2. The van der Waals surface area contributed by atoms with E-state index in [1.165, 1.54) is 12.8 Å². The maximum atomic E-state index is 11.7. The van der Waals surface area contributed by atoms with Gasteiger partial charge in [-0.1, -0.05) is 6.07 Å². The van der Waals surface area contributed by atoms with Gasteiger partial charge in [-0.25, -0.2) is 4.79 Å². The molecule has 0 spiro atoms. The summed E-state index contributed by atoms with van der Waals surface area (Å²) < 4.78 is 10.2. The highest BCUT2D eigenvalue weighted by molar-refractivity contribution is 5.77. The molecule has 1 aromatic carbocycles. The van der Waals surface area contributed by atoms with Crippen LogP contribution in [-0.4, -0.2) is 56.9 Å². The lowest BCUT2D eigenvalue weighted by Gasteiger charge is -2.37. The summed E-state index contributed by atoms with van der Waals surface area (Å²) in [6, 6.07) is 11.5. The molecule has 2 aromatic rings. The molecule has 142 valence electrons. The molecule has 1 N–H and O–H groups in total. The first-order valence-corrected chi connectivity index (χ1v) is 8.65. The smallest absolute Gasteiger partial charge is 0.368 e. The lowest BCUT2D eigenvalue weighted by Crippen LogP contribution is -2.46. The number of piperazine rings is 1. The molecule has 1 aliphatic rings. The lowest BCUT2D eigenvalue weighted by molar-refractivity contribution is -0.151. The summed E-state index contributed by atoms with van der Waals surface area (Å²) >= 11 is 0. The topological polar surface area (TPSA) is 84.0 Å². The van der Waals surface area contributed by atoms with E-state index in [9.17, 15) is 9.59 Å². The summed E-state index contributed by atoms with van der Waals surface area (Å²) in [5, 5.41) is 2.30. The fourth-order valence-electron chi connectivity index (χ4n) is 2.99. The molecule has 0 aliphatic carbocycles. The van der Waals surface area contributed by atoms with Crippen LogP contribution in [0, 0.1) is 0 Å². The van der Waals surface area contributed by atoms with Gasteiger partial charge >= 0.3 is 5.97 Å². The molecule has 3 rings (SSSR count). The van der Waals surface area contributed by atoms with Gasteiger partial charge < -0.3 is 24.6 Å². The Kier molecular flexibility index (Phi) is 6.09. The molecule has 8 heteroatoms. The molecule has 1 amide bonds. The Bertz CT molecular complexity index is 763. The van der Waals surface area contributed by atoms with Crippen LogP contribution in [-0.2, 0) is 14.3 Å². The van der Waals surface area contributed by atoms with Crippen molar-refractivity contribution in [3.63, 3.8) is 0 Å². The Balaban J connectivity index is 1.64. The van der Waals surface area contributed by atoms with Gasteiger partial charge in [-0.2, -0.15) is 0 Å².